The van der Waals surface area contributed by atoms with Crippen molar-refractivity contribution in [2.75, 3.05) is 17.6 Å². The zero-order chi connectivity index (χ0) is 14.5. The maximum atomic E-state index is 9.62. The van der Waals surface area contributed by atoms with Crippen LogP contribution < -0.4 is 5.32 Å². The first-order valence-electron chi connectivity index (χ1n) is 6.82. The smallest absolute Gasteiger partial charge is 0.133 e. The zero-order valence-corrected chi connectivity index (χ0v) is 12.3. The first kappa shape index (κ1) is 13.8. The molecule has 0 aliphatic rings. The molecule has 0 bridgehead atoms. The summed E-state index contributed by atoms with van der Waals surface area (Å²) in [5.41, 5.74) is 0. The van der Waals surface area contributed by atoms with Crippen molar-refractivity contribution in [3.05, 3.63) is 60.8 Å². The number of aromatic nitrogens is 1. The SMILES string of the molecule is Oc1ccc2ccnc(NCCSc3ccccc3)c2c1. The molecule has 1 aromatic heterocycles. The summed E-state index contributed by atoms with van der Waals surface area (Å²) in [6, 6.07) is 17.6. The van der Waals surface area contributed by atoms with Crippen LogP contribution in [-0.4, -0.2) is 22.4 Å². The molecule has 2 aromatic carbocycles. The van der Waals surface area contributed by atoms with Crippen LogP contribution in [0.25, 0.3) is 10.8 Å². The summed E-state index contributed by atoms with van der Waals surface area (Å²) in [6.07, 6.45) is 1.78. The number of phenolic OH excluding ortho intramolecular Hbond substituents is 1. The van der Waals surface area contributed by atoms with Gasteiger partial charge in [-0.1, -0.05) is 24.3 Å². The average molecular weight is 296 g/mol. The van der Waals surface area contributed by atoms with E-state index < -0.39 is 0 Å². The zero-order valence-electron chi connectivity index (χ0n) is 11.5. The molecule has 1 heterocycles. The first-order valence-corrected chi connectivity index (χ1v) is 7.81. The van der Waals surface area contributed by atoms with Crippen molar-refractivity contribution >= 4 is 28.4 Å². The Morgan fingerprint density at radius 2 is 1.90 bits per heavy atom. The monoisotopic (exact) mass is 296 g/mol. The Balaban J connectivity index is 1.64. The number of thioether (sulfide) groups is 1. The Labute approximate surface area is 128 Å². The van der Waals surface area contributed by atoms with Crippen LogP contribution in [0.5, 0.6) is 5.75 Å². The molecule has 0 saturated carbocycles. The van der Waals surface area contributed by atoms with E-state index in [-0.39, 0.29) is 5.75 Å². The average Bonchev–Trinajstić information content (AvgIpc) is 2.53. The summed E-state index contributed by atoms with van der Waals surface area (Å²) >= 11 is 1.81. The fraction of sp³-hybridized carbons (Fsp3) is 0.118. The molecule has 21 heavy (non-hydrogen) atoms. The van der Waals surface area contributed by atoms with Gasteiger partial charge in [0.25, 0.3) is 0 Å². The van der Waals surface area contributed by atoms with Gasteiger partial charge in [-0.05, 0) is 35.7 Å². The van der Waals surface area contributed by atoms with Crippen LogP contribution in [-0.2, 0) is 0 Å². The van der Waals surface area contributed by atoms with Gasteiger partial charge in [0.05, 0.1) is 0 Å². The van der Waals surface area contributed by atoms with Gasteiger partial charge in [-0.25, -0.2) is 4.98 Å². The summed E-state index contributed by atoms with van der Waals surface area (Å²) in [4.78, 5) is 5.63. The molecule has 0 saturated heterocycles. The Hall–Kier alpha value is -2.20. The van der Waals surface area contributed by atoms with Crippen LogP contribution >= 0.6 is 11.8 Å². The predicted octanol–water partition coefficient (Wildman–Crippen LogP) is 4.14. The Bertz CT molecular complexity index is 731. The minimum absolute atomic E-state index is 0.261. The molecule has 2 N–H and O–H groups in total. The standard InChI is InChI=1S/C17H16N2OS/c20-14-7-6-13-8-9-18-17(16(13)12-14)19-10-11-21-15-4-2-1-3-5-15/h1-9,12,20H,10-11H2,(H,18,19). The van der Waals surface area contributed by atoms with Gasteiger partial charge < -0.3 is 10.4 Å². The van der Waals surface area contributed by atoms with E-state index in [1.54, 1.807) is 18.3 Å². The number of nitrogens with one attached hydrogen (secondary N) is 1. The molecule has 0 atom stereocenters. The Kier molecular flexibility index (Phi) is 4.26. The van der Waals surface area contributed by atoms with E-state index >= 15 is 0 Å². The number of nitrogens with zero attached hydrogens (tertiary/aromatic N) is 1. The number of rotatable bonds is 5. The van der Waals surface area contributed by atoms with Gasteiger partial charge in [0, 0.05) is 28.8 Å². The van der Waals surface area contributed by atoms with E-state index in [0.717, 1.165) is 28.9 Å². The van der Waals surface area contributed by atoms with E-state index in [1.807, 2.05) is 42.1 Å². The van der Waals surface area contributed by atoms with Crippen LogP contribution in [0.2, 0.25) is 0 Å². The van der Waals surface area contributed by atoms with Crippen molar-refractivity contribution in [3.63, 3.8) is 0 Å². The molecular formula is C17H16N2OS. The lowest BCUT2D eigenvalue weighted by molar-refractivity contribution is 0.476. The van der Waals surface area contributed by atoms with Crippen molar-refractivity contribution in [1.82, 2.24) is 4.98 Å². The van der Waals surface area contributed by atoms with Gasteiger partial charge in [0.1, 0.15) is 11.6 Å². The number of fused-ring (bicyclic) bond motifs is 1. The minimum atomic E-state index is 0.261. The lowest BCUT2D eigenvalue weighted by Gasteiger charge is -2.09. The molecule has 4 heteroatoms. The van der Waals surface area contributed by atoms with Gasteiger partial charge in [-0.2, -0.15) is 0 Å². The highest BCUT2D eigenvalue weighted by Crippen LogP contribution is 2.25. The van der Waals surface area contributed by atoms with Crippen molar-refractivity contribution in [2.45, 2.75) is 4.90 Å². The maximum absolute atomic E-state index is 9.62. The minimum Gasteiger partial charge on any atom is -0.508 e. The number of hydrogen-bond acceptors (Lipinski definition) is 4. The normalized spacial score (nSPS) is 10.7. The fourth-order valence-corrected chi connectivity index (χ4v) is 2.94. The highest BCUT2D eigenvalue weighted by molar-refractivity contribution is 7.99. The Morgan fingerprint density at radius 1 is 1.05 bits per heavy atom. The summed E-state index contributed by atoms with van der Waals surface area (Å²) in [6.45, 7) is 0.821. The van der Waals surface area contributed by atoms with Crippen LogP contribution in [0.4, 0.5) is 5.82 Å². The molecule has 0 spiro atoms. The molecule has 3 aromatic rings. The van der Waals surface area contributed by atoms with Crippen molar-refractivity contribution in [1.29, 1.82) is 0 Å². The fourth-order valence-electron chi connectivity index (χ4n) is 2.15. The molecule has 0 fully saturated rings. The van der Waals surface area contributed by atoms with Gasteiger partial charge in [-0.3, -0.25) is 0 Å². The quantitative estimate of drug-likeness (QED) is 0.548. The van der Waals surface area contributed by atoms with Gasteiger partial charge in [-0.15, -0.1) is 11.8 Å². The molecule has 0 amide bonds. The molecule has 0 unspecified atom stereocenters. The van der Waals surface area contributed by atoms with Crippen molar-refractivity contribution in [2.24, 2.45) is 0 Å². The summed E-state index contributed by atoms with van der Waals surface area (Å²) in [5.74, 6) is 2.04. The second-order valence-electron chi connectivity index (χ2n) is 4.65. The van der Waals surface area contributed by atoms with E-state index in [0.29, 0.717) is 0 Å². The van der Waals surface area contributed by atoms with Gasteiger partial charge in [0.2, 0.25) is 0 Å². The third kappa shape index (κ3) is 3.47. The molecular weight excluding hydrogens is 280 g/mol. The van der Waals surface area contributed by atoms with Crippen molar-refractivity contribution in [3.8, 4) is 5.75 Å². The summed E-state index contributed by atoms with van der Waals surface area (Å²) < 4.78 is 0. The van der Waals surface area contributed by atoms with Crippen LogP contribution in [0, 0.1) is 0 Å². The number of pyridine rings is 1. The van der Waals surface area contributed by atoms with Crippen molar-refractivity contribution < 1.29 is 5.11 Å². The predicted molar refractivity (Wildman–Crippen MR) is 89.1 cm³/mol. The third-order valence-electron chi connectivity index (χ3n) is 3.16. The molecule has 0 radical (unpaired) electrons. The second kappa shape index (κ2) is 6.50. The van der Waals surface area contributed by atoms with E-state index in [4.69, 9.17) is 0 Å². The number of benzene rings is 2. The molecule has 3 nitrogen and oxygen atoms in total. The number of phenols is 1. The molecule has 3 rings (SSSR count). The molecule has 0 aliphatic heterocycles. The first-order chi connectivity index (χ1) is 10.3. The van der Waals surface area contributed by atoms with Crippen LogP contribution in [0.15, 0.2) is 65.7 Å². The largest absolute Gasteiger partial charge is 0.508 e. The van der Waals surface area contributed by atoms with Gasteiger partial charge >= 0.3 is 0 Å². The maximum Gasteiger partial charge on any atom is 0.133 e. The van der Waals surface area contributed by atoms with E-state index in [9.17, 15) is 5.11 Å². The summed E-state index contributed by atoms with van der Waals surface area (Å²) in [7, 11) is 0. The third-order valence-corrected chi connectivity index (χ3v) is 4.17. The Morgan fingerprint density at radius 3 is 2.76 bits per heavy atom. The lowest BCUT2D eigenvalue weighted by Crippen LogP contribution is -2.05. The topological polar surface area (TPSA) is 45.2 Å². The molecule has 106 valence electrons. The summed E-state index contributed by atoms with van der Waals surface area (Å²) in [5, 5.41) is 15.0. The highest BCUT2D eigenvalue weighted by Gasteiger charge is 2.03. The van der Waals surface area contributed by atoms with E-state index in [1.165, 1.54) is 4.90 Å². The number of anilines is 1. The number of aromatic hydroxyl groups is 1. The van der Waals surface area contributed by atoms with E-state index in [2.05, 4.69) is 22.4 Å². The number of hydrogen-bond donors (Lipinski definition) is 2. The van der Waals surface area contributed by atoms with Gasteiger partial charge in [0.15, 0.2) is 0 Å². The highest BCUT2D eigenvalue weighted by atomic mass is 32.2. The second-order valence-corrected chi connectivity index (χ2v) is 5.82. The van der Waals surface area contributed by atoms with Crippen LogP contribution in [0.1, 0.15) is 0 Å². The van der Waals surface area contributed by atoms with Crippen LogP contribution in [0.3, 0.4) is 0 Å². The lowest BCUT2D eigenvalue weighted by atomic mass is 10.1. The molecule has 0 aliphatic carbocycles.